The molecule has 2 aliphatic rings. The van der Waals surface area contributed by atoms with E-state index in [1.165, 1.54) is 10.7 Å². The average Bonchev–Trinajstić information content (AvgIpc) is 3.57. The maximum Gasteiger partial charge on any atom is 0.316 e. The molecule has 2 amide bonds. The van der Waals surface area contributed by atoms with Gasteiger partial charge in [0.15, 0.2) is 5.82 Å². The van der Waals surface area contributed by atoms with Crippen LogP contribution in [0.3, 0.4) is 0 Å². The third kappa shape index (κ3) is 5.58. The van der Waals surface area contributed by atoms with Crippen LogP contribution in [0.4, 0.5) is 15.8 Å². The largest absolute Gasteiger partial charge is 0.463 e. The summed E-state index contributed by atoms with van der Waals surface area (Å²) in [5.74, 6) is -0.697. The molecular weight excluding hydrogens is 539 g/mol. The van der Waals surface area contributed by atoms with Crippen LogP contribution in [-0.2, 0) is 11.8 Å². The monoisotopic (exact) mass is 574 g/mol. The van der Waals surface area contributed by atoms with E-state index in [-0.39, 0.29) is 35.4 Å². The van der Waals surface area contributed by atoms with Gasteiger partial charge < -0.3 is 25.2 Å². The van der Waals surface area contributed by atoms with Crippen molar-refractivity contribution in [1.82, 2.24) is 30.0 Å². The number of hydrogen-bond donors (Lipinski definition) is 2. The predicted molar refractivity (Wildman–Crippen MR) is 158 cm³/mol. The minimum Gasteiger partial charge on any atom is -0.463 e. The molecule has 3 atom stereocenters. The van der Waals surface area contributed by atoms with E-state index in [1.807, 2.05) is 11.0 Å². The zero-order chi connectivity index (χ0) is 29.5. The summed E-state index contributed by atoms with van der Waals surface area (Å²) in [5, 5.41) is 11.8. The van der Waals surface area contributed by atoms with E-state index in [4.69, 9.17) is 9.72 Å². The molecule has 220 valence electrons. The second-order valence-corrected chi connectivity index (χ2v) is 11.5. The Morgan fingerprint density at radius 2 is 1.93 bits per heavy atom. The number of nitrogens with zero attached hydrogens (tertiary/aromatic N) is 6. The maximum atomic E-state index is 14.7. The lowest BCUT2D eigenvalue weighted by molar-refractivity contribution is -0.127. The van der Waals surface area contributed by atoms with E-state index in [2.05, 4.69) is 39.5 Å². The Morgan fingerprint density at radius 3 is 2.67 bits per heavy atom. The van der Waals surface area contributed by atoms with Gasteiger partial charge in [-0.1, -0.05) is 0 Å². The molecular formula is C30H35FN8O3. The van der Waals surface area contributed by atoms with E-state index in [9.17, 15) is 14.0 Å². The molecule has 4 aromatic rings. The fraction of sp³-hybridized carbons (Fsp3) is 0.433. The predicted octanol–water partition coefficient (Wildman–Crippen LogP) is 3.34. The Morgan fingerprint density at radius 1 is 1.14 bits per heavy atom. The number of aryl methyl sites for hydroxylation is 1. The number of fused-ring (bicyclic) bond motifs is 2. The van der Waals surface area contributed by atoms with Crippen molar-refractivity contribution in [3.05, 3.63) is 48.0 Å². The Kier molecular flexibility index (Phi) is 7.40. The lowest BCUT2D eigenvalue weighted by atomic mass is 10.0. The lowest BCUT2D eigenvalue weighted by Crippen LogP contribution is -2.54. The topological polar surface area (TPSA) is 118 Å². The number of piperazine rings is 1. The standard InChI is InChI=1S/C30H35FN8O3/c1-17-12-39(13-18(2)33-17)26-6-5-23(29(41)34-22-9-21-15-37(4)36-27(21)25(31)10-22)28-24(26)11-32-30(35-28)42-16-20-7-8-38(14-20)19(3)40/h5-6,9-11,15,17-18,20,33H,7-8,12-14,16H2,1-4H3,(H,34,41)/t17-,18-,20?/m1/s1. The highest BCUT2D eigenvalue weighted by Crippen LogP contribution is 2.32. The summed E-state index contributed by atoms with van der Waals surface area (Å²) in [6.07, 6.45) is 4.26. The molecule has 0 saturated carbocycles. The van der Waals surface area contributed by atoms with Gasteiger partial charge in [0, 0.05) is 92.7 Å². The highest BCUT2D eigenvalue weighted by Gasteiger charge is 2.27. The average molecular weight is 575 g/mol. The molecule has 1 unspecified atom stereocenters. The van der Waals surface area contributed by atoms with Crippen molar-refractivity contribution < 1.29 is 18.7 Å². The summed E-state index contributed by atoms with van der Waals surface area (Å²) >= 11 is 0. The zero-order valence-corrected chi connectivity index (χ0v) is 24.2. The number of nitrogens with one attached hydrogen (secondary N) is 2. The van der Waals surface area contributed by atoms with Gasteiger partial charge in [-0.25, -0.2) is 9.37 Å². The molecule has 6 rings (SSSR count). The number of hydrogen-bond acceptors (Lipinski definition) is 8. The second-order valence-electron chi connectivity index (χ2n) is 11.5. The number of rotatable bonds is 6. The first kappa shape index (κ1) is 27.8. The molecule has 0 radical (unpaired) electrons. The maximum absolute atomic E-state index is 14.7. The van der Waals surface area contributed by atoms with Crippen molar-refractivity contribution >= 4 is 45.0 Å². The zero-order valence-electron chi connectivity index (χ0n) is 24.2. The molecule has 2 aromatic carbocycles. The fourth-order valence-corrected chi connectivity index (χ4v) is 6.07. The van der Waals surface area contributed by atoms with Crippen LogP contribution in [0.1, 0.15) is 37.6 Å². The fourth-order valence-electron chi connectivity index (χ4n) is 6.07. The van der Waals surface area contributed by atoms with E-state index >= 15 is 0 Å². The molecule has 11 nitrogen and oxygen atoms in total. The van der Waals surface area contributed by atoms with E-state index in [1.54, 1.807) is 38.5 Å². The van der Waals surface area contributed by atoms with E-state index in [0.29, 0.717) is 41.9 Å². The summed E-state index contributed by atoms with van der Waals surface area (Å²) in [6.45, 7) is 9.16. The van der Waals surface area contributed by atoms with Crippen LogP contribution in [0.5, 0.6) is 6.01 Å². The number of amides is 2. The van der Waals surface area contributed by atoms with Crippen LogP contribution in [-0.4, -0.2) is 81.3 Å². The van der Waals surface area contributed by atoms with Crippen LogP contribution in [0.2, 0.25) is 0 Å². The van der Waals surface area contributed by atoms with Crippen LogP contribution < -0.4 is 20.3 Å². The number of anilines is 2. The van der Waals surface area contributed by atoms with Gasteiger partial charge in [0.05, 0.1) is 17.7 Å². The van der Waals surface area contributed by atoms with Crippen molar-refractivity contribution in [2.24, 2.45) is 13.0 Å². The minimum absolute atomic E-state index is 0.0572. The van der Waals surface area contributed by atoms with Crippen molar-refractivity contribution in [2.45, 2.75) is 39.3 Å². The first-order valence-electron chi connectivity index (χ1n) is 14.3. The summed E-state index contributed by atoms with van der Waals surface area (Å²) < 4.78 is 22.2. The van der Waals surface area contributed by atoms with Crippen LogP contribution >= 0.6 is 0 Å². The van der Waals surface area contributed by atoms with Crippen LogP contribution in [0, 0.1) is 11.7 Å². The molecule has 12 heteroatoms. The van der Waals surface area contributed by atoms with Crippen molar-refractivity contribution in [1.29, 1.82) is 0 Å². The first-order valence-corrected chi connectivity index (χ1v) is 14.3. The van der Waals surface area contributed by atoms with Gasteiger partial charge in [0.25, 0.3) is 5.91 Å². The third-order valence-corrected chi connectivity index (χ3v) is 7.96. The molecule has 2 saturated heterocycles. The molecule has 2 fully saturated rings. The van der Waals surface area contributed by atoms with Crippen molar-refractivity contribution in [2.75, 3.05) is 43.0 Å². The first-order chi connectivity index (χ1) is 20.1. The smallest absolute Gasteiger partial charge is 0.316 e. The van der Waals surface area contributed by atoms with Gasteiger partial charge in [-0.2, -0.15) is 10.1 Å². The van der Waals surface area contributed by atoms with Gasteiger partial charge in [-0.05, 0) is 44.5 Å². The van der Waals surface area contributed by atoms with Gasteiger partial charge in [-0.3, -0.25) is 14.3 Å². The highest BCUT2D eigenvalue weighted by molar-refractivity contribution is 6.14. The third-order valence-electron chi connectivity index (χ3n) is 7.96. The summed E-state index contributed by atoms with van der Waals surface area (Å²) in [5.41, 5.74) is 2.28. The molecule has 2 N–H and O–H groups in total. The molecule has 42 heavy (non-hydrogen) atoms. The van der Waals surface area contributed by atoms with E-state index in [0.717, 1.165) is 30.6 Å². The highest BCUT2D eigenvalue weighted by atomic mass is 19.1. The molecule has 2 aromatic heterocycles. The Bertz CT molecular complexity index is 1660. The summed E-state index contributed by atoms with van der Waals surface area (Å²) in [7, 11) is 1.72. The number of benzene rings is 2. The van der Waals surface area contributed by atoms with E-state index < -0.39 is 11.7 Å². The molecule has 0 bridgehead atoms. The Labute approximate surface area is 243 Å². The number of halogens is 1. The number of carbonyl (C=O) groups is 2. The van der Waals surface area contributed by atoms with Crippen molar-refractivity contribution in [3.8, 4) is 6.01 Å². The molecule has 4 heterocycles. The number of likely N-dealkylation sites (tertiary alicyclic amines) is 1. The lowest BCUT2D eigenvalue weighted by Gasteiger charge is -2.38. The van der Waals surface area contributed by atoms with Gasteiger partial charge >= 0.3 is 6.01 Å². The molecule has 0 aliphatic carbocycles. The van der Waals surface area contributed by atoms with Gasteiger partial charge in [0.2, 0.25) is 5.91 Å². The summed E-state index contributed by atoms with van der Waals surface area (Å²) in [6, 6.07) is 7.37. The molecule has 0 spiro atoms. The van der Waals surface area contributed by atoms with Gasteiger partial charge in [0.1, 0.15) is 5.52 Å². The second kappa shape index (κ2) is 11.2. The quantitative estimate of drug-likeness (QED) is 0.360. The minimum atomic E-state index is -0.515. The number of ether oxygens (including phenoxy) is 1. The number of carbonyl (C=O) groups excluding carboxylic acids is 2. The SMILES string of the molecule is CC(=O)N1CCC(COc2ncc3c(N4C[C@@H](C)N[C@H](C)C4)ccc(C(=O)Nc4cc(F)c5nn(C)cc5c4)c3n2)C1. The van der Waals surface area contributed by atoms with Crippen molar-refractivity contribution in [3.63, 3.8) is 0 Å². The Balaban J connectivity index is 1.32. The van der Waals surface area contributed by atoms with Crippen LogP contribution in [0.25, 0.3) is 21.8 Å². The number of aromatic nitrogens is 4. The van der Waals surface area contributed by atoms with Gasteiger partial charge in [-0.15, -0.1) is 0 Å². The Hall–Kier alpha value is -4.32. The molecule has 2 aliphatic heterocycles. The summed E-state index contributed by atoms with van der Waals surface area (Å²) in [4.78, 5) is 38.7. The normalized spacial score (nSPS) is 20.8. The van der Waals surface area contributed by atoms with Crippen LogP contribution in [0.15, 0.2) is 36.7 Å².